The van der Waals surface area contributed by atoms with E-state index in [0.29, 0.717) is 48.7 Å². The van der Waals surface area contributed by atoms with Crippen LogP contribution in [0.2, 0.25) is 0 Å². The van der Waals surface area contributed by atoms with Crippen LogP contribution in [0.3, 0.4) is 0 Å². The molecule has 9 nitrogen and oxygen atoms in total. The molecule has 0 bridgehead atoms. The number of hydrogen-bond donors (Lipinski definition) is 0. The Morgan fingerprint density at radius 2 is 1.83 bits per heavy atom. The summed E-state index contributed by atoms with van der Waals surface area (Å²) in [4.78, 5) is 32.9. The highest BCUT2D eigenvalue weighted by Crippen LogP contribution is 2.40. The number of halogens is 1. The summed E-state index contributed by atoms with van der Waals surface area (Å²) >= 11 is 4.90. The zero-order valence-electron chi connectivity index (χ0n) is 25.5. The largest absolute Gasteiger partial charge is 0.493 e. The van der Waals surface area contributed by atoms with Gasteiger partial charge in [0, 0.05) is 33.7 Å². The van der Waals surface area contributed by atoms with Crippen LogP contribution in [-0.2, 0) is 16.1 Å². The highest BCUT2D eigenvalue weighted by molar-refractivity contribution is 9.10. The van der Waals surface area contributed by atoms with Crippen molar-refractivity contribution in [2.75, 3.05) is 20.8 Å². The van der Waals surface area contributed by atoms with Crippen molar-refractivity contribution in [2.45, 2.75) is 26.4 Å². The van der Waals surface area contributed by atoms with Crippen molar-refractivity contribution >= 4 is 50.2 Å². The summed E-state index contributed by atoms with van der Waals surface area (Å²) < 4.78 is 21.2. The third-order valence-electron chi connectivity index (χ3n) is 7.90. The molecular formula is C35H29BrN4O5S. The maximum Gasteiger partial charge on any atom is 0.338 e. The fourth-order valence-electron chi connectivity index (χ4n) is 5.78. The van der Waals surface area contributed by atoms with Crippen LogP contribution in [0.5, 0.6) is 11.5 Å². The van der Waals surface area contributed by atoms with Gasteiger partial charge in [0.1, 0.15) is 0 Å². The summed E-state index contributed by atoms with van der Waals surface area (Å²) in [6.07, 6.45) is 3.86. The molecule has 1 atom stereocenters. The smallest absolute Gasteiger partial charge is 0.338 e. The van der Waals surface area contributed by atoms with Crippen LogP contribution >= 0.6 is 27.3 Å². The van der Waals surface area contributed by atoms with Crippen LogP contribution in [0.15, 0.2) is 92.4 Å². The Morgan fingerprint density at radius 3 is 2.57 bits per heavy atom. The summed E-state index contributed by atoms with van der Waals surface area (Å²) in [7, 11) is 3.07. The number of fused-ring (bicyclic) bond motifs is 2. The number of carbonyl (C=O) groups excluding carboxylic acids is 1. The highest BCUT2D eigenvalue weighted by atomic mass is 79.9. The van der Waals surface area contributed by atoms with E-state index in [0.717, 1.165) is 22.0 Å². The van der Waals surface area contributed by atoms with Crippen LogP contribution in [0, 0.1) is 11.3 Å². The molecule has 2 aromatic heterocycles. The van der Waals surface area contributed by atoms with Gasteiger partial charge in [-0.15, -0.1) is 0 Å². The van der Waals surface area contributed by atoms with E-state index in [2.05, 4.69) is 26.6 Å². The predicted octanol–water partition coefficient (Wildman–Crippen LogP) is 5.45. The number of rotatable bonds is 8. The molecule has 0 amide bonds. The van der Waals surface area contributed by atoms with Gasteiger partial charge in [-0.05, 0) is 55.3 Å². The zero-order chi connectivity index (χ0) is 32.5. The number of nitrogens with zero attached hydrogens (tertiary/aromatic N) is 4. The Labute approximate surface area is 277 Å². The minimum Gasteiger partial charge on any atom is -0.493 e. The first-order valence-electron chi connectivity index (χ1n) is 14.5. The number of ether oxygens (including phenoxy) is 3. The van der Waals surface area contributed by atoms with Gasteiger partial charge in [-0.3, -0.25) is 9.36 Å². The van der Waals surface area contributed by atoms with Crippen molar-refractivity contribution in [1.82, 2.24) is 9.13 Å². The molecule has 0 N–H and O–H groups in total. The lowest BCUT2D eigenvalue weighted by Crippen LogP contribution is -2.40. The summed E-state index contributed by atoms with van der Waals surface area (Å²) in [6, 6.07) is 20.4. The molecule has 11 heteroatoms. The topological polar surface area (TPSA) is 108 Å². The van der Waals surface area contributed by atoms with E-state index in [-0.39, 0.29) is 17.7 Å². The molecule has 232 valence electrons. The Kier molecular flexibility index (Phi) is 8.67. The van der Waals surface area contributed by atoms with Crippen LogP contribution < -0.4 is 24.4 Å². The highest BCUT2D eigenvalue weighted by Gasteiger charge is 2.35. The first kappa shape index (κ1) is 31.1. The number of carbonyl (C=O) groups is 1. The van der Waals surface area contributed by atoms with E-state index in [1.807, 2.05) is 60.8 Å². The van der Waals surface area contributed by atoms with E-state index in [9.17, 15) is 14.9 Å². The Morgan fingerprint density at radius 1 is 1.11 bits per heavy atom. The quantitative estimate of drug-likeness (QED) is 0.200. The van der Waals surface area contributed by atoms with Gasteiger partial charge in [0.05, 0.1) is 54.3 Å². The fourth-order valence-corrected chi connectivity index (χ4v) is 7.35. The first-order chi connectivity index (χ1) is 22.3. The van der Waals surface area contributed by atoms with Crippen molar-refractivity contribution in [2.24, 2.45) is 4.99 Å². The molecule has 0 fully saturated rings. The summed E-state index contributed by atoms with van der Waals surface area (Å²) in [6.45, 7) is 4.15. The van der Waals surface area contributed by atoms with Gasteiger partial charge in [0.15, 0.2) is 16.3 Å². The van der Waals surface area contributed by atoms with Crippen molar-refractivity contribution in [3.8, 4) is 17.6 Å². The summed E-state index contributed by atoms with van der Waals surface area (Å²) in [5, 5.41) is 10.6. The minimum absolute atomic E-state index is 0.169. The van der Waals surface area contributed by atoms with Gasteiger partial charge < -0.3 is 18.8 Å². The first-order valence-corrected chi connectivity index (χ1v) is 16.1. The van der Waals surface area contributed by atoms with Crippen molar-refractivity contribution in [3.05, 3.63) is 125 Å². The van der Waals surface area contributed by atoms with Crippen molar-refractivity contribution in [1.29, 1.82) is 5.26 Å². The van der Waals surface area contributed by atoms with Crippen molar-refractivity contribution < 1.29 is 19.0 Å². The Hall–Kier alpha value is -4.92. The minimum atomic E-state index is -0.838. The van der Waals surface area contributed by atoms with Crippen LogP contribution in [0.4, 0.5) is 0 Å². The van der Waals surface area contributed by atoms with E-state index >= 15 is 0 Å². The third-order valence-corrected chi connectivity index (χ3v) is 9.57. The van der Waals surface area contributed by atoms with E-state index in [4.69, 9.17) is 19.2 Å². The standard InChI is InChI=1S/C35H29BrN4O5S/c1-5-45-34(42)31-20(2)38-35-40(32(31)25-15-28(43-3)29(44-4)16-26(25)36)33(41)30(46-35)14-23-19-39(27-13-9-8-12-24(23)27)18-22-11-7-6-10-21(22)17-37/h6-16,19,32H,5,18H2,1-4H3/b30-14-/t32-/m0/s1. The summed E-state index contributed by atoms with van der Waals surface area (Å²) in [5.74, 6) is 0.398. The Bertz CT molecular complexity index is 2270. The van der Waals surface area contributed by atoms with Crippen molar-refractivity contribution in [3.63, 3.8) is 0 Å². The van der Waals surface area contributed by atoms with Gasteiger partial charge in [-0.2, -0.15) is 5.26 Å². The van der Waals surface area contributed by atoms with Crippen LogP contribution in [0.1, 0.15) is 42.1 Å². The van der Waals surface area contributed by atoms with Gasteiger partial charge in [0.25, 0.3) is 5.56 Å². The second kappa shape index (κ2) is 12.8. The molecule has 0 spiro atoms. The number of aromatic nitrogens is 2. The summed E-state index contributed by atoms with van der Waals surface area (Å²) in [5.41, 5.74) is 4.39. The van der Waals surface area contributed by atoms with Crippen LogP contribution in [0.25, 0.3) is 17.0 Å². The number of nitriles is 1. The molecule has 0 unspecified atom stereocenters. The molecule has 3 aromatic carbocycles. The monoisotopic (exact) mass is 696 g/mol. The number of benzene rings is 3. The van der Waals surface area contributed by atoms with Gasteiger partial charge in [-0.25, -0.2) is 9.79 Å². The number of esters is 1. The predicted molar refractivity (Wildman–Crippen MR) is 180 cm³/mol. The fraction of sp³-hybridized carbons (Fsp3) is 0.200. The molecular weight excluding hydrogens is 668 g/mol. The average Bonchev–Trinajstić information content (AvgIpc) is 3.56. The van der Waals surface area contributed by atoms with Gasteiger partial charge in [0.2, 0.25) is 0 Å². The second-order valence-corrected chi connectivity index (χ2v) is 12.4. The molecule has 3 heterocycles. The third kappa shape index (κ3) is 5.44. The zero-order valence-corrected chi connectivity index (χ0v) is 27.9. The lowest BCUT2D eigenvalue weighted by atomic mass is 9.95. The van der Waals surface area contributed by atoms with Gasteiger partial charge >= 0.3 is 5.97 Å². The molecule has 46 heavy (non-hydrogen) atoms. The van der Waals surface area contributed by atoms with E-state index < -0.39 is 12.0 Å². The molecule has 1 aliphatic rings. The molecule has 6 rings (SSSR count). The number of methoxy groups -OCH3 is 2. The lowest BCUT2D eigenvalue weighted by molar-refractivity contribution is -0.139. The number of allylic oxidation sites excluding steroid dienone is 1. The lowest BCUT2D eigenvalue weighted by Gasteiger charge is -2.26. The maximum atomic E-state index is 14.3. The number of hydrogen-bond acceptors (Lipinski definition) is 8. The second-order valence-electron chi connectivity index (χ2n) is 10.5. The van der Waals surface area contributed by atoms with E-state index in [1.54, 1.807) is 37.7 Å². The average molecular weight is 698 g/mol. The molecule has 5 aromatic rings. The molecule has 0 aliphatic carbocycles. The normalized spacial score (nSPS) is 14.5. The molecule has 1 aliphatic heterocycles. The molecule has 0 saturated heterocycles. The van der Waals surface area contributed by atoms with Gasteiger partial charge in [-0.1, -0.05) is 63.7 Å². The molecule has 0 radical (unpaired) electrons. The molecule has 0 saturated carbocycles. The number of para-hydroxylation sites is 1. The van der Waals surface area contributed by atoms with Crippen LogP contribution in [-0.4, -0.2) is 35.9 Å². The Balaban J connectivity index is 1.55. The van der Waals surface area contributed by atoms with E-state index in [1.165, 1.54) is 18.4 Å². The SMILES string of the molecule is CCOC(=O)C1=C(C)N=c2s/c(=C\c3cn(Cc4ccccc4C#N)c4ccccc34)c(=O)n2[C@H]1c1cc(OC)c(OC)cc1Br. The number of thiazole rings is 1. The maximum absolute atomic E-state index is 14.3.